The molecule has 0 fully saturated rings. The highest BCUT2D eigenvalue weighted by Gasteiger charge is 2.14. The smallest absolute Gasteiger partial charge is 0.144 e. The number of nitriles is 1. The highest BCUT2D eigenvalue weighted by Crippen LogP contribution is 2.36. The van der Waals surface area contributed by atoms with Gasteiger partial charge in [-0.15, -0.1) is 0 Å². The number of benzene rings is 2. The Morgan fingerprint density at radius 3 is 2.76 bits per heavy atom. The van der Waals surface area contributed by atoms with E-state index in [0.29, 0.717) is 22.9 Å². The lowest BCUT2D eigenvalue weighted by Crippen LogP contribution is -2.01. The van der Waals surface area contributed by atoms with Crippen molar-refractivity contribution >= 4 is 39.6 Å². The first-order chi connectivity index (χ1) is 16.5. The van der Waals surface area contributed by atoms with Gasteiger partial charge in [-0.25, -0.2) is 0 Å². The molecule has 0 spiro atoms. The summed E-state index contributed by atoms with van der Waals surface area (Å²) in [4.78, 5) is 4.46. The minimum atomic E-state index is 0.447. The predicted octanol–water partition coefficient (Wildman–Crippen LogP) is 7.56. The van der Waals surface area contributed by atoms with Crippen molar-refractivity contribution in [3.8, 4) is 11.8 Å². The van der Waals surface area contributed by atoms with E-state index in [0.717, 1.165) is 52.0 Å². The Balaban J connectivity index is 1.89. The Kier molecular flexibility index (Phi) is 8.73. The molecule has 0 unspecified atom stereocenters. The molecule has 0 aliphatic carbocycles. The summed E-state index contributed by atoms with van der Waals surface area (Å²) in [5, 5.41) is 17.7. The summed E-state index contributed by atoms with van der Waals surface area (Å²) in [5.41, 5.74) is 5.57. The van der Waals surface area contributed by atoms with Gasteiger partial charge in [0.25, 0.3) is 0 Å². The molecule has 5 nitrogen and oxygen atoms in total. The van der Waals surface area contributed by atoms with Crippen LogP contribution in [0.2, 0.25) is 5.02 Å². The largest absolute Gasteiger partial charge is 0.492 e. The molecule has 0 saturated carbocycles. The molecule has 0 aliphatic rings. The van der Waals surface area contributed by atoms with Gasteiger partial charge in [-0.3, -0.25) is 4.98 Å². The van der Waals surface area contributed by atoms with Gasteiger partial charge in [0.15, 0.2) is 0 Å². The van der Waals surface area contributed by atoms with Gasteiger partial charge in [0.2, 0.25) is 0 Å². The maximum absolute atomic E-state index is 9.70. The lowest BCUT2D eigenvalue weighted by molar-refractivity contribution is 0.342. The molecule has 0 atom stereocenters. The topological polar surface area (TPSA) is 70.0 Å². The summed E-state index contributed by atoms with van der Waals surface area (Å²) in [6.45, 7) is 8.56. The number of allylic oxidation sites excluding steroid dienone is 5. The number of anilines is 3. The van der Waals surface area contributed by atoms with Gasteiger partial charge in [0.05, 0.1) is 29.1 Å². The lowest BCUT2D eigenvalue weighted by Gasteiger charge is -2.16. The summed E-state index contributed by atoms with van der Waals surface area (Å²) in [6.07, 6.45) is 11.1. The van der Waals surface area contributed by atoms with Crippen LogP contribution >= 0.6 is 11.6 Å². The average Bonchev–Trinajstić information content (AvgIpc) is 2.83. The van der Waals surface area contributed by atoms with Crippen molar-refractivity contribution in [3.05, 3.63) is 89.1 Å². The molecule has 3 aromatic rings. The van der Waals surface area contributed by atoms with Crippen LogP contribution in [0.5, 0.6) is 5.75 Å². The monoisotopic (exact) mass is 472 g/mol. The van der Waals surface area contributed by atoms with Crippen LogP contribution in [-0.2, 0) is 6.42 Å². The number of pyridine rings is 1. The third kappa shape index (κ3) is 5.98. The van der Waals surface area contributed by atoms with E-state index in [9.17, 15) is 5.26 Å². The fraction of sp³-hybridized carbons (Fsp3) is 0.214. The first kappa shape index (κ1) is 24.9. The Hall–Kier alpha value is -3.75. The van der Waals surface area contributed by atoms with Crippen LogP contribution in [0.25, 0.3) is 10.9 Å². The van der Waals surface area contributed by atoms with Gasteiger partial charge in [-0.2, -0.15) is 5.26 Å². The van der Waals surface area contributed by atoms with Crippen molar-refractivity contribution in [2.24, 2.45) is 0 Å². The summed E-state index contributed by atoms with van der Waals surface area (Å²) in [6, 6.07) is 11.9. The van der Waals surface area contributed by atoms with Gasteiger partial charge in [-0.05, 0) is 50.5 Å². The molecule has 1 heterocycles. The molecule has 174 valence electrons. The minimum absolute atomic E-state index is 0.447. The van der Waals surface area contributed by atoms with Gasteiger partial charge in [0, 0.05) is 35.4 Å². The fourth-order valence-corrected chi connectivity index (χ4v) is 3.84. The van der Waals surface area contributed by atoms with Crippen LogP contribution in [0.4, 0.5) is 17.1 Å². The number of aryl methyl sites for hydroxylation is 1. The minimum Gasteiger partial charge on any atom is -0.492 e. The summed E-state index contributed by atoms with van der Waals surface area (Å²) >= 11 is 6.60. The van der Waals surface area contributed by atoms with Crippen molar-refractivity contribution < 1.29 is 4.74 Å². The molecule has 6 heteroatoms. The molecule has 2 aromatic carbocycles. The number of rotatable bonds is 10. The van der Waals surface area contributed by atoms with Crippen LogP contribution in [0, 0.1) is 11.3 Å². The molecule has 0 radical (unpaired) electrons. The zero-order valence-electron chi connectivity index (χ0n) is 19.8. The lowest BCUT2D eigenvalue weighted by atomic mass is 10.0. The number of nitrogens with zero attached hydrogens (tertiary/aromatic N) is 2. The van der Waals surface area contributed by atoms with Crippen LogP contribution in [0.3, 0.4) is 0 Å². The zero-order valence-corrected chi connectivity index (χ0v) is 20.5. The highest BCUT2D eigenvalue weighted by atomic mass is 35.5. The standard InChI is InChI=1S/C28H29ClN4O/c1-5-7-8-9-19(3)10-11-20-12-13-22(14-24(20)29)33-28-21(17-30)18-32-25-16-27(34-6-2)26(31-4)15-23(25)28/h5,7-9,12-16,18,31H,3,6,10-11H2,1-2,4H3,(H,32,33)/b7-5-,9-8-. The fourth-order valence-electron chi connectivity index (χ4n) is 3.56. The van der Waals surface area contributed by atoms with Crippen LogP contribution < -0.4 is 15.4 Å². The van der Waals surface area contributed by atoms with E-state index in [1.54, 1.807) is 6.20 Å². The number of halogens is 1. The van der Waals surface area contributed by atoms with Crippen LogP contribution in [0.15, 0.2) is 73.0 Å². The van der Waals surface area contributed by atoms with Crippen molar-refractivity contribution in [1.82, 2.24) is 4.98 Å². The number of nitrogens with one attached hydrogen (secondary N) is 2. The third-order valence-corrected chi connectivity index (χ3v) is 5.68. The number of hydrogen-bond donors (Lipinski definition) is 2. The molecule has 0 amide bonds. The van der Waals surface area contributed by atoms with Crippen molar-refractivity contribution in [2.75, 3.05) is 24.3 Å². The maximum Gasteiger partial charge on any atom is 0.144 e. The average molecular weight is 473 g/mol. The van der Waals surface area contributed by atoms with Crippen molar-refractivity contribution in [2.45, 2.75) is 26.7 Å². The Bertz CT molecular complexity index is 1290. The number of ether oxygens (including phenoxy) is 1. The molecular formula is C28H29ClN4O. The summed E-state index contributed by atoms with van der Waals surface area (Å²) in [5.74, 6) is 0.718. The molecule has 1 aromatic heterocycles. The Morgan fingerprint density at radius 2 is 2.09 bits per heavy atom. The second-order valence-corrected chi connectivity index (χ2v) is 8.09. The molecule has 0 bridgehead atoms. The second kappa shape index (κ2) is 11.9. The number of hydrogen-bond acceptors (Lipinski definition) is 5. The normalized spacial score (nSPS) is 11.1. The van der Waals surface area contributed by atoms with E-state index in [-0.39, 0.29) is 0 Å². The van der Waals surface area contributed by atoms with E-state index in [1.165, 1.54) is 0 Å². The van der Waals surface area contributed by atoms with E-state index >= 15 is 0 Å². The van der Waals surface area contributed by atoms with E-state index in [4.69, 9.17) is 16.3 Å². The third-order valence-electron chi connectivity index (χ3n) is 5.33. The quantitative estimate of drug-likeness (QED) is 0.298. The van der Waals surface area contributed by atoms with E-state index < -0.39 is 0 Å². The van der Waals surface area contributed by atoms with Crippen molar-refractivity contribution in [3.63, 3.8) is 0 Å². The Labute approximate surface area is 206 Å². The summed E-state index contributed by atoms with van der Waals surface area (Å²) < 4.78 is 5.73. The molecule has 0 saturated heterocycles. The van der Waals surface area contributed by atoms with E-state index in [2.05, 4.69) is 28.3 Å². The first-order valence-electron chi connectivity index (χ1n) is 11.2. The highest BCUT2D eigenvalue weighted by molar-refractivity contribution is 6.31. The molecular weight excluding hydrogens is 444 g/mol. The molecule has 2 N–H and O–H groups in total. The van der Waals surface area contributed by atoms with Gasteiger partial charge in [-0.1, -0.05) is 54.1 Å². The molecule has 34 heavy (non-hydrogen) atoms. The molecule has 0 aliphatic heterocycles. The predicted molar refractivity (Wildman–Crippen MR) is 143 cm³/mol. The van der Waals surface area contributed by atoms with Gasteiger partial charge >= 0.3 is 0 Å². The SMILES string of the molecule is C=C(/C=C\C=C/C)CCc1ccc(Nc2c(C#N)cnc3cc(OCC)c(NC)cc23)cc1Cl. The zero-order chi connectivity index (χ0) is 24.5. The number of fused-ring (bicyclic) bond motifs is 1. The molecule has 3 rings (SSSR count). The van der Waals surface area contributed by atoms with Crippen LogP contribution in [0.1, 0.15) is 31.4 Å². The second-order valence-electron chi connectivity index (χ2n) is 7.68. The summed E-state index contributed by atoms with van der Waals surface area (Å²) in [7, 11) is 1.84. The van der Waals surface area contributed by atoms with Gasteiger partial charge in [0.1, 0.15) is 11.8 Å². The van der Waals surface area contributed by atoms with Crippen molar-refractivity contribution in [1.29, 1.82) is 5.26 Å². The van der Waals surface area contributed by atoms with E-state index in [1.807, 2.05) is 75.5 Å². The van der Waals surface area contributed by atoms with Gasteiger partial charge < -0.3 is 15.4 Å². The number of aromatic nitrogens is 1. The maximum atomic E-state index is 9.70. The first-order valence-corrected chi connectivity index (χ1v) is 11.6. The van der Waals surface area contributed by atoms with Crippen LogP contribution in [-0.4, -0.2) is 18.6 Å². The Morgan fingerprint density at radius 1 is 1.26 bits per heavy atom.